The Bertz CT molecular complexity index is 1090. The van der Waals surface area contributed by atoms with E-state index in [0.29, 0.717) is 18.0 Å². The number of hydrogen-bond donors (Lipinski definition) is 1. The molecule has 0 unspecified atom stereocenters. The van der Waals surface area contributed by atoms with Crippen LogP contribution in [0.1, 0.15) is 29.0 Å². The summed E-state index contributed by atoms with van der Waals surface area (Å²) in [6, 6.07) is 8.14. The van der Waals surface area contributed by atoms with E-state index >= 15 is 0 Å². The minimum atomic E-state index is -4.52. The van der Waals surface area contributed by atoms with Crippen molar-refractivity contribution in [3.8, 4) is 16.4 Å². The molecule has 31 heavy (non-hydrogen) atoms. The van der Waals surface area contributed by atoms with Crippen molar-refractivity contribution in [2.45, 2.75) is 19.0 Å². The fourth-order valence-corrected chi connectivity index (χ4v) is 3.98. The van der Waals surface area contributed by atoms with Crippen LogP contribution in [0.2, 0.25) is 0 Å². The van der Waals surface area contributed by atoms with E-state index in [1.54, 1.807) is 22.4 Å². The van der Waals surface area contributed by atoms with Crippen LogP contribution in [0.3, 0.4) is 0 Å². The van der Waals surface area contributed by atoms with Gasteiger partial charge >= 0.3 is 6.18 Å². The fraction of sp³-hybridized carbons (Fsp3) is 0.300. The van der Waals surface area contributed by atoms with E-state index in [1.165, 1.54) is 28.2 Å². The lowest BCUT2D eigenvalue weighted by atomic mass is 10.2. The van der Waals surface area contributed by atoms with E-state index in [2.05, 4.69) is 15.4 Å². The van der Waals surface area contributed by atoms with Crippen LogP contribution in [-0.2, 0) is 11.0 Å². The molecule has 3 aromatic rings. The summed E-state index contributed by atoms with van der Waals surface area (Å²) in [5.41, 5.74) is -0.710. The fourth-order valence-electron chi connectivity index (χ4n) is 3.28. The lowest BCUT2D eigenvalue weighted by molar-refractivity contribution is -0.137. The number of rotatable bonds is 5. The van der Waals surface area contributed by atoms with Crippen molar-refractivity contribution >= 4 is 23.2 Å². The second-order valence-corrected chi connectivity index (χ2v) is 7.91. The van der Waals surface area contributed by atoms with Gasteiger partial charge in [0.1, 0.15) is 0 Å². The Morgan fingerprint density at radius 3 is 2.58 bits per heavy atom. The molecule has 3 heterocycles. The molecule has 0 bridgehead atoms. The van der Waals surface area contributed by atoms with Crippen molar-refractivity contribution in [2.24, 2.45) is 0 Å². The average Bonchev–Trinajstić information content (AvgIpc) is 3.51. The number of amides is 2. The third-order valence-corrected chi connectivity index (χ3v) is 5.69. The van der Waals surface area contributed by atoms with Crippen molar-refractivity contribution in [2.75, 3.05) is 19.6 Å². The molecule has 0 saturated carbocycles. The van der Waals surface area contributed by atoms with E-state index in [0.717, 1.165) is 25.0 Å². The van der Waals surface area contributed by atoms with Crippen molar-refractivity contribution < 1.29 is 22.8 Å². The molecule has 162 valence electrons. The van der Waals surface area contributed by atoms with E-state index in [-0.39, 0.29) is 29.8 Å². The highest BCUT2D eigenvalue weighted by atomic mass is 32.1. The Morgan fingerprint density at radius 1 is 1.13 bits per heavy atom. The highest BCUT2D eigenvalue weighted by molar-refractivity contribution is 7.13. The van der Waals surface area contributed by atoms with Crippen LogP contribution in [0.5, 0.6) is 0 Å². The van der Waals surface area contributed by atoms with Crippen LogP contribution in [0.4, 0.5) is 13.2 Å². The monoisotopic (exact) mass is 449 g/mol. The topological polar surface area (TPSA) is 80.1 Å². The molecule has 1 fully saturated rings. The van der Waals surface area contributed by atoms with Crippen LogP contribution in [0.15, 0.2) is 41.8 Å². The van der Waals surface area contributed by atoms with Gasteiger partial charge in [-0.15, -0.1) is 16.4 Å². The molecular weight excluding hydrogens is 431 g/mol. The largest absolute Gasteiger partial charge is 0.416 e. The molecule has 0 spiro atoms. The van der Waals surface area contributed by atoms with Crippen molar-refractivity contribution in [3.05, 3.63) is 53.2 Å². The Kier molecular flexibility index (Phi) is 5.77. The van der Waals surface area contributed by atoms with E-state index in [4.69, 9.17) is 0 Å². The second-order valence-electron chi connectivity index (χ2n) is 6.97. The zero-order chi connectivity index (χ0) is 22.0. The number of nitrogens with one attached hydrogen (secondary N) is 1. The predicted molar refractivity (Wildman–Crippen MR) is 108 cm³/mol. The normalized spacial score (nSPS) is 14.1. The van der Waals surface area contributed by atoms with Crippen LogP contribution in [-0.4, -0.2) is 51.1 Å². The second kappa shape index (κ2) is 8.50. The standard InChI is InChI=1S/C20H18F3N5O2S/c21-20(22,23)13-5-3-6-14(11-13)28-18(15-7-4-10-31-15)25-17(26-28)19(30)24-12-16(29)27-8-1-2-9-27/h3-7,10-11H,1-2,8-9,12H2,(H,24,30). The van der Waals surface area contributed by atoms with Gasteiger partial charge in [0.2, 0.25) is 11.7 Å². The Labute approximate surface area is 179 Å². The minimum Gasteiger partial charge on any atom is -0.341 e. The number of hydrogen-bond acceptors (Lipinski definition) is 5. The van der Waals surface area contributed by atoms with Gasteiger partial charge in [-0.1, -0.05) is 12.1 Å². The smallest absolute Gasteiger partial charge is 0.341 e. The molecule has 2 aromatic heterocycles. The Hall–Kier alpha value is -3.21. The molecule has 1 N–H and O–H groups in total. The molecule has 1 aliphatic rings. The summed E-state index contributed by atoms with van der Waals surface area (Å²) in [6.07, 6.45) is -2.64. The van der Waals surface area contributed by atoms with Gasteiger partial charge in [0.25, 0.3) is 5.91 Å². The number of alkyl halides is 3. The molecule has 1 aromatic carbocycles. The first kappa shape index (κ1) is 21.0. The van der Waals surface area contributed by atoms with Gasteiger partial charge in [-0.3, -0.25) is 9.59 Å². The molecule has 11 heteroatoms. The molecular formula is C20H18F3N5O2S. The maximum atomic E-state index is 13.2. The van der Waals surface area contributed by atoms with Crippen LogP contribution >= 0.6 is 11.3 Å². The molecule has 1 aliphatic heterocycles. The van der Waals surface area contributed by atoms with Crippen molar-refractivity contribution in [3.63, 3.8) is 0 Å². The van der Waals surface area contributed by atoms with Gasteiger partial charge in [0.15, 0.2) is 5.82 Å². The van der Waals surface area contributed by atoms with Crippen LogP contribution < -0.4 is 5.32 Å². The first-order valence-electron chi connectivity index (χ1n) is 9.57. The third-order valence-electron chi connectivity index (χ3n) is 4.83. The number of benzene rings is 1. The molecule has 1 saturated heterocycles. The molecule has 0 radical (unpaired) electrons. The first-order valence-corrected chi connectivity index (χ1v) is 10.5. The minimum absolute atomic E-state index is 0.123. The first-order chi connectivity index (χ1) is 14.8. The summed E-state index contributed by atoms with van der Waals surface area (Å²) in [4.78, 5) is 31.3. The number of halogens is 3. The molecule has 0 atom stereocenters. The Morgan fingerprint density at radius 2 is 1.90 bits per heavy atom. The van der Waals surface area contributed by atoms with E-state index < -0.39 is 17.6 Å². The van der Waals surface area contributed by atoms with Crippen molar-refractivity contribution in [1.82, 2.24) is 25.0 Å². The number of thiophene rings is 1. The summed E-state index contributed by atoms with van der Waals surface area (Å²) in [5.74, 6) is -0.849. The number of carbonyl (C=O) groups is 2. The summed E-state index contributed by atoms with van der Waals surface area (Å²) in [7, 11) is 0. The van der Waals surface area contributed by atoms with Crippen LogP contribution in [0, 0.1) is 0 Å². The van der Waals surface area contributed by atoms with Crippen molar-refractivity contribution in [1.29, 1.82) is 0 Å². The van der Waals surface area contributed by atoms with E-state index in [1.807, 2.05) is 0 Å². The summed E-state index contributed by atoms with van der Waals surface area (Å²) in [6.45, 7) is 1.14. The van der Waals surface area contributed by atoms with Gasteiger partial charge in [-0.2, -0.15) is 13.2 Å². The summed E-state index contributed by atoms with van der Waals surface area (Å²) >= 11 is 1.32. The van der Waals surface area contributed by atoms with Gasteiger partial charge in [0, 0.05) is 13.1 Å². The van der Waals surface area contributed by atoms with Crippen LogP contribution in [0.25, 0.3) is 16.4 Å². The third kappa shape index (κ3) is 4.61. The summed E-state index contributed by atoms with van der Waals surface area (Å²) < 4.78 is 40.7. The highest BCUT2D eigenvalue weighted by Gasteiger charge is 2.31. The number of likely N-dealkylation sites (tertiary alicyclic amines) is 1. The zero-order valence-electron chi connectivity index (χ0n) is 16.2. The molecule has 4 rings (SSSR count). The Balaban J connectivity index is 1.62. The highest BCUT2D eigenvalue weighted by Crippen LogP contribution is 2.32. The van der Waals surface area contributed by atoms with E-state index in [9.17, 15) is 22.8 Å². The van der Waals surface area contributed by atoms with Gasteiger partial charge < -0.3 is 10.2 Å². The summed E-state index contributed by atoms with van der Waals surface area (Å²) in [5, 5.41) is 8.43. The zero-order valence-corrected chi connectivity index (χ0v) is 17.0. The number of carbonyl (C=O) groups excluding carboxylic acids is 2. The molecule has 2 amide bonds. The van der Waals surface area contributed by atoms with Gasteiger partial charge in [0.05, 0.1) is 22.7 Å². The molecule has 7 nitrogen and oxygen atoms in total. The van der Waals surface area contributed by atoms with Gasteiger partial charge in [-0.05, 0) is 42.5 Å². The maximum Gasteiger partial charge on any atom is 0.416 e. The van der Waals surface area contributed by atoms with Gasteiger partial charge in [-0.25, -0.2) is 9.67 Å². The lowest BCUT2D eigenvalue weighted by Gasteiger charge is -2.14. The molecule has 0 aliphatic carbocycles. The number of nitrogens with zero attached hydrogens (tertiary/aromatic N) is 4. The lowest BCUT2D eigenvalue weighted by Crippen LogP contribution is -2.39. The predicted octanol–water partition coefficient (Wildman–Crippen LogP) is 3.37. The quantitative estimate of drug-likeness (QED) is 0.648. The number of aromatic nitrogens is 3. The average molecular weight is 449 g/mol. The SMILES string of the molecule is O=C(NCC(=O)N1CCCC1)c1nc(-c2cccs2)n(-c2cccc(C(F)(F)F)c2)n1. The maximum absolute atomic E-state index is 13.2.